The number of carbonyl (C=O) groups excluding carboxylic acids is 1. The first kappa shape index (κ1) is 20.8. The van der Waals surface area contributed by atoms with Crippen LogP contribution in [0, 0.1) is 16.0 Å². The van der Waals surface area contributed by atoms with Gasteiger partial charge in [-0.25, -0.2) is 4.79 Å². The molecule has 7 nitrogen and oxygen atoms in total. The van der Waals surface area contributed by atoms with Crippen LogP contribution >= 0.6 is 0 Å². The maximum Gasteiger partial charge on any atom is 0.398 e. The van der Waals surface area contributed by atoms with Crippen LogP contribution in [0.4, 0.5) is 18.9 Å². The summed E-state index contributed by atoms with van der Waals surface area (Å²) in [6, 6.07) is 4.31. The highest BCUT2D eigenvalue weighted by Crippen LogP contribution is 2.37. The maximum absolute atomic E-state index is 13.4. The molecular formula is C17H18F3NO6. The third-order valence-corrected chi connectivity index (χ3v) is 3.94. The van der Waals surface area contributed by atoms with Gasteiger partial charge in [-0.05, 0) is 26.0 Å². The largest absolute Gasteiger partial charge is 0.455 e. The Hall–Kier alpha value is -2.46. The van der Waals surface area contributed by atoms with E-state index in [2.05, 4.69) is 6.58 Å². The summed E-state index contributed by atoms with van der Waals surface area (Å²) < 4.78 is 55.9. The van der Waals surface area contributed by atoms with E-state index in [1.807, 2.05) is 0 Å². The highest BCUT2D eigenvalue weighted by atomic mass is 19.4. The molecule has 1 aliphatic rings. The van der Waals surface area contributed by atoms with Gasteiger partial charge in [-0.3, -0.25) is 10.1 Å². The summed E-state index contributed by atoms with van der Waals surface area (Å²) in [5, 5.41) is 10.7. The predicted molar refractivity (Wildman–Crippen MR) is 86.9 cm³/mol. The molecule has 0 bridgehead atoms. The van der Waals surface area contributed by atoms with Crippen LogP contribution in [0.15, 0.2) is 36.9 Å². The number of non-ortho nitro benzene ring substituents is 1. The average molecular weight is 389 g/mol. The summed E-state index contributed by atoms with van der Waals surface area (Å²) >= 11 is 0. The van der Waals surface area contributed by atoms with Crippen LogP contribution in [-0.4, -0.2) is 41.7 Å². The predicted octanol–water partition coefficient (Wildman–Crippen LogP) is 3.64. The Bertz CT molecular complexity index is 716. The van der Waals surface area contributed by atoms with Gasteiger partial charge in [-0.15, -0.1) is 6.58 Å². The quantitative estimate of drug-likeness (QED) is 0.320. The molecule has 0 amide bonds. The number of hydrogen-bond donors (Lipinski definition) is 0. The Balaban J connectivity index is 2.26. The third-order valence-electron chi connectivity index (χ3n) is 3.94. The van der Waals surface area contributed by atoms with E-state index in [1.165, 1.54) is 13.8 Å². The van der Waals surface area contributed by atoms with Crippen molar-refractivity contribution in [3.63, 3.8) is 0 Å². The second kappa shape index (κ2) is 7.65. The minimum Gasteiger partial charge on any atom is -0.455 e. The topological polar surface area (TPSA) is 87.9 Å². The zero-order valence-corrected chi connectivity index (χ0v) is 14.6. The molecule has 148 valence electrons. The summed E-state index contributed by atoms with van der Waals surface area (Å²) in [5.41, 5.74) is -0.398. The van der Waals surface area contributed by atoms with Crippen LogP contribution in [0.3, 0.4) is 0 Å². The number of benzene rings is 1. The van der Waals surface area contributed by atoms with Gasteiger partial charge in [-0.2, -0.15) is 13.2 Å². The molecule has 1 saturated heterocycles. The Morgan fingerprint density at radius 1 is 1.41 bits per heavy atom. The van der Waals surface area contributed by atoms with Crippen LogP contribution < -0.4 is 0 Å². The summed E-state index contributed by atoms with van der Waals surface area (Å²) in [5.74, 6) is -4.37. The summed E-state index contributed by atoms with van der Waals surface area (Å²) in [7, 11) is 0. The number of halogens is 3. The number of nitro benzene ring substituents is 1. The van der Waals surface area contributed by atoms with Crippen LogP contribution in [0.1, 0.15) is 24.2 Å². The van der Waals surface area contributed by atoms with E-state index < -0.39 is 41.0 Å². The van der Waals surface area contributed by atoms with Gasteiger partial charge >= 0.3 is 12.1 Å². The van der Waals surface area contributed by atoms with Crippen LogP contribution in [0.5, 0.6) is 0 Å². The van der Waals surface area contributed by atoms with Crippen molar-refractivity contribution in [3.05, 3.63) is 52.6 Å². The van der Waals surface area contributed by atoms with Crippen LogP contribution in [-0.2, 0) is 14.2 Å². The fraction of sp³-hybridized carbons (Fsp3) is 0.471. The monoisotopic (exact) mass is 389 g/mol. The molecule has 27 heavy (non-hydrogen) atoms. The van der Waals surface area contributed by atoms with Gasteiger partial charge in [0.1, 0.15) is 18.1 Å². The Kier molecular flexibility index (Phi) is 5.91. The number of nitrogens with zero attached hydrogens (tertiary/aromatic N) is 1. The van der Waals surface area contributed by atoms with E-state index in [4.69, 9.17) is 14.2 Å². The van der Waals surface area contributed by atoms with Crippen LogP contribution in [0.25, 0.3) is 0 Å². The minimum absolute atomic E-state index is 0.131. The Morgan fingerprint density at radius 2 is 2.00 bits per heavy atom. The van der Waals surface area contributed by atoms with E-state index in [0.717, 1.165) is 24.3 Å². The number of esters is 1. The van der Waals surface area contributed by atoms with E-state index >= 15 is 0 Å². The van der Waals surface area contributed by atoms with Crippen molar-refractivity contribution in [2.24, 2.45) is 5.92 Å². The maximum atomic E-state index is 13.4. The van der Waals surface area contributed by atoms with Gasteiger partial charge in [0.2, 0.25) is 0 Å². The molecule has 0 radical (unpaired) electrons. The molecule has 0 aliphatic carbocycles. The van der Waals surface area contributed by atoms with Crippen molar-refractivity contribution >= 4 is 11.7 Å². The summed E-state index contributed by atoms with van der Waals surface area (Å²) in [4.78, 5) is 22.3. The zero-order chi connectivity index (χ0) is 20.4. The van der Waals surface area contributed by atoms with Gasteiger partial charge in [0.15, 0.2) is 5.79 Å². The molecule has 0 unspecified atom stereocenters. The fourth-order valence-electron chi connectivity index (χ4n) is 2.62. The minimum atomic E-state index is -4.72. The van der Waals surface area contributed by atoms with E-state index in [1.54, 1.807) is 0 Å². The molecule has 1 aromatic rings. The van der Waals surface area contributed by atoms with Crippen molar-refractivity contribution in [2.75, 3.05) is 6.61 Å². The first-order valence-electron chi connectivity index (χ1n) is 7.91. The van der Waals surface area contributed by atoms with Gasteiger partial charge in [0.25, 0.3) is 5.69 Å². The molecule has 1 fully saturated rings. The average Bonchev–Trinajstić information content (AvgIpc) is 2.93. The van der Waals surface area contributed by atoms with Crippen molar-refractivity contribution in [2.45, 2.75) is 38.0 Å². The molecule has 1 aromatic carbocycles. The van der Waals surface area contributed by atoms with E-state index in [-0.39, 0.29) is 17.9 Å². The number of ether oxygens (including phenoxy) is 3. The summed E-state index contributed by atoms with van der Waals surface area (Å²) in [6.07, 6.45) is -6.97. The van der Waals surface area contributed by atoms with Crippen molar-refractivity contribution in [1.29, 1.82) is 0 Å². The number of alkyl halides is 3. The number of nitro groups is 1. The lowest BCUT2D eigenvalue weighted by Crippen LogP contribution is -2.45. The molecule has 1 heterocycles. The Morgan fingerprint density at radius 3 is 2.41 bits per heavy atom. The fourth-order valence-corrected chi connectivity index (χ4v) is 2.62. The molecule has 0 N–H and O–H groups in total. The lowest BCUT2D eigenvalue weighted by atomic mass is 9.97. The highest BCUT2D eigenvalue weighted by Gasteiger charge is 2.51. The Labute approximate surface area is 152 Å². The second-order valence-electron chi connectivity index (χ2n) is 6.34. The molecule has 0 aromatic heterocycles. The van der Waals surface area contributed by atoms with Gasteiger partial charge < -0.3 is 14.2 Å². The molecule has 1 aliphatic heterocycles. The standard InChI is InChI=1S/C17H18F3NO6/c1-4-12(17(18,19)20)14(13-9-25-16(2,3)27-13)26-15(22)10-5-7-11(8-6-10)21(23)24/h4-8,12-14H,1,9H2,2-3H3/t12-,13-,14+/m1/s1. The molecule has 10 heteroatoms. The molecule has 3 atom stereocenters. The van der Waals surface area contributed by atoms with Gasteiger partial charge in [0.05, 0.1) is 17.1 Å². The first-order chi connectivity index (χ1) is 12.4. The first-order valence-corrected chi connectivity index (χ1v) is 7.91. The number of carbonyl (C=O) groups is 1. The highest BCUT2D eigenvalue weighted by molar-refractivity contribution is 5.89. The smallest absolute Gasteiger partial charge is 0.398 e. The molecule has 0 saturated carbocycles. The van der Waals surface area contributed by atoms with Gasteiger partial charge in [-0.1, -0.05) is 6.08 Å². The molecule has 2 rings (SSSR count). The van der Waals surface area contributed by atoms with E-state index in [0.29, 0.717) is 6.08 Å². The number of hydrogen-bond acceptors (Lipinski definition) is 6. The zero-order valence-electron chi connectivity index (χ0n) is 14.6. The number of rotatable bonds is 6. The molecule has 0 spiro atoms. The second-order valence-corrected chi connectivity index (χ2v) is 6.34. The lowest BCUT2D eigenvalue weighted by molar-refractivity contribution is -0.384. The van der Waals surface area contributed by atoms with Crippen molar-refractivity contribution in [3.8, 4) is 0 Å². The molecular weight excluding hydrogens is 371 g/mol. The SMILES string of the molecule is C=C[C@H]([C@H](OC(=O)c1ccc([N+](=O)[O-])cc1)[C@H]1COC(C)(C)O1)C(F)(F)F. The van der Waals surface area contributed by atoms with Crippen molar-refractivity contribution < 1.29 is 37.1 Å². The van der Waals surface area contributed by atoms with Gasteiger partial charge in [0, 0.05) is 12.1 Å². The van der Waals surface area contributed by atoms with Crippen LogP contribution in [0.2, 0.25) is 0 Å². The third kappa shape index (κ3) is 5.04. The summed E-state index contributed by atoms with van der Waals surface area (Å²) in [6.45, 7) is 6.03. The lowest BCUT2D eigenvalue weighted by Gasteiger charge is -2.30. The van der Waals surface area contributed by atoms with E-state index in [9.17, 15) is 28.1 Å². The van der Waals surface area contributed by atoms with Crippen molar-refractivity contribution in [1.82, 2.24) is 0 Å². The normalized spacial score (nSPS) is 21.3.